The average Bonchev–Trinajstić information content (AvgIpc) is 2.91. The Morgan fingerprint density at radius 1 is 1.25 bits per heavy atom. The fraction of sp³-hybridized carbons (Fsp3) is 0.727. The number of alkyl halides is 1. The van der Waals surface area contributed by atoms with Gasteiger partial charge in [0.25, 0.3) is 0 Å². The molecule has 4 aliphatic rings. The number of ketones is 2. The largest absolute Gasteiger partial charge is 0.390 e. The van der Waals surface area contributed by atoms with Crippen molar-refractivity contribution in [2.45, 2.75) is 70.2 Å². The highest BCUT2D eigenvalue weighted by Gasteiger charge is 2.78. The third-order valence-corrected chi connectivity index (χ3v) is 9.02. The van der Waals surface area contributed by atoms with Gasteiger partial charge in [-0.15, -0.1) is 0 Å². The van der Waals surface area contributed by atoms with Gasteiger partial charge in [0.15, 0.2) is 17.2 Å². The standard InChI is InChI=1S/C22H29FO5/c1-18-8-5-14(25)10-13(18)4-7-19(2)15-6-9-21(28,17(27)12-24)20(15,3)11-16(26)22(18,19)23/h5,8,10,15-16,24,26,28H,4,6-7,9,11-12H2,1-3H3/t15-,16?,18?,19?,20?,21-,22-/m0/s1. The van der Waals surface area contributed by atoms with Gasteiger partial charge in [0, 0.05) is 16.2 Å². The average molecular weight is 392 g/mol. The van der Waals surface area contributed by atoms with Crippen molar-refractivity contribution in [2.24, 2.45) is 22.2 Å². The molecule has 4 aliphatic carbocycles. The summed E-state index contributed by atoms with van der Waals surface area (Å²) in [5.41, 5.74) is -6.23. The summed E-state index contributed by atoms with van der Waals surface area (Å²) in [6.07, 6.45) is 4.52. The van der Waals surface area contributed by atoms with E-state index in [1.54, 1.807) is 19.9 Å². The minimum absolute atomic E-state index is 0.0728. The van der Waals surface area contributed by atoms with Crippen molar-refractivity contribution in [3.8, 4) is 0 Å². The normalized spacial score (nSPS) is 52.5. The third kappa shape index (κ3) is 1.92. The lowest BCUT2D eigenvalue weighted by molar-refractivity contribution is -0.254. The first kappa shape index (κ1) is 19.9. The van der Waals surface area contributed by atoms with Crippen LogP contribution in [0.2, 0.25) is 0 Å². The molecule has 7 atom stereocenters. The Kier molecular flexibility index (Phi) is 3.99. The van der Waals surface area contributed by atoms with E-state index in [2.05, 4.69) is 0 Å². The van der Waals surface area contributed by atoms with Gasteiger partial charge in [-0.2, -0.15) is 0 Å². The van der Waals surface area contributed by atoms with Crippen LogP contribution >= 0.6 is 0 Å². The summed E-state index contributed by atoms with van der Waals surface area (Å²) in [5.74, 6) is -1.16. The molecular weight excluding hydrogens is 363 g/mol. The summed E-state index contributed by atoms with van der Waals surface area (Å²) in [5, 5.41) is 31.8. The van der Waals surface area contributed by atoms with Crippen LogP contribution in [0.1, 0.15) is 52.9 Å². The highest BCUT2D eigenvalue weighted by atomic mass is 19.1. The minimum atomic E-state index is -2.03. The third-order valence-electron chi connectivity index (χ3n) is 9.02. The number of Topliss-reactive ketones (excluding diaryl/α,β-unsaturated/α-hetero) is 1. The number of fused-ring (bicyclic) bond motifs is 5. The van der Waals surface area contributed by atoms with Crippen LogP contribution in [0, 0.1) is 22.2 Å². The fourth-order valence-corrected chi connectivity index (χ4v) is 7.45. The van der Waals surface area contributed by atoms with Crippen molar-refractivity contribution in [3.63, 3.8) is 0 Å². The van der Waals surface area contributed by atoms with E-state index in [4.69, 9.17) is 0 Å². The Hall–Kier alpha value is -1.37. The number of aliphatic hydroxyl groups excluding tert-OH is 2. The van der Waals surface area contributed by atoms with Crippen LogP contribution in [-0.2, 0) is 9.59 Å². The molecule has 28 heavy (non-hydrogen) atoms. The van der Waals surface area contributed by atoms with Gasteiger partial charge in [-0.3, -0.25) is 9.59 Å². The number of aliphatic hydroxyl groups is 3. The summed E-state index contributed by atoms with van der Waals surface area (Å²) >= 11 is 0. The zero-order valence-corrected chi connectivity index (χ0v) is 16.7. The first-order valence-electron chi connectivity index (χ1n) is 10.1. The SMILES string of the molecule is CC12C=CC(=O)C=C1CCC1(C)[C@@H]3CC[C@](O)(C(=O)CO)C3(C)CC(O)[C@]21F. The number of rotatable bonds is 2. The second-order valence-corrected chi connectivity index (χ2v) is 9.91. The lowest BCUT2D eigenvalue weighted by Gasteiger charge is -2.67. The van der Waals surface area contributed by atoms with Crippen molar-refractivity contribution >= 4 is 11.6 Å². The molecule has 0 amide bonds. The van der Waals surface area contributed by atoms with E-state index < -0.39 is 46.0 Å². The van der Waals surface area contributed by atoms with Crippen LogP contribution in [0.25, 0.3) is 0 Å². The Morgan fingerprint density at radius 3 is 2.57 bits per heavy atom. The van der Waals surface area contributed by atoms with E-state index in [0.717, 1.165) is 0 Å². The predicted molar refractivity (Wildman–Crippen MR) is 100 cm³/mol. The molecular formula is C22H29FO5. The molecule has 6 heteroatoms. The number of allylic oxidation sites excluding steroid dienone is 4. The van der Waals surface area contributed by atoms with Crippen LogP contribution < -0.4 is 0 Å². The molecule has 0 aromatic carbocycles. The molecule has 0 saturated heterocycles. The van der Waals surface area contributed by atoms with E-state index in [-0.39, 0.29) is 24.5 Å². The number of hydrogen-bond acceptors (Lipinski definition) is 5. The van der Waals surface area contributed by atoms with Gasteiger partial charge in [-0.1, -0.05) is 25.5 Å². The highest BCUT2D eigenvalue weighted by Crippen LogP contribution is 2.74. The maximum atomic E-state index is 17.1. The lowest BCUT2D eigenvalue weighted by Crippen LogP contribution is -2.73. The summed E-state index contributed by atoms with van der Waals surface area (Å²) in [6.45, 7) is 4.53. The Labute approximate surface area is 164 Å². The molecule has 0 bridgehead atoms. The minimum Gasteiger partial charge on any atom is -0.390 e. The van der Waals surface area contributed by atoms with Crippen molar-refractivity contribution < 1.29 is 29.3 Å². The zero-order chi connectivity index (χ0) is 20.8. The number of halogens is 1. The molecule has 0 heterocycles. The molecule has 3 saturated carbocycles. The van der Waals surface area contributed by atoms with Crippen molar-refractivity contribution in [1.29, 1.82) is 0 Å². The molecule has 0 aromatic heterocycles. The molecule has 4 rings (SSSR count). The number of carbonyl (C=O) groups is 2. The smallest absolute Gasteiger partial charge is 0.190 e. The van der Waals surface area contributed by atoms with Gasteiger partial charge >= 0.3 is 0 Å². The molecule has 5 nitrogen and oxygen atoms in total. The molecule has 0 radical (unpaired) electrons. The van der Waals surface area contributed by atoms with Crippen LogP contribution in [0.5, 0.6) is 0 Å². The summed E-state index contributed by atoms with van der Waals surface area (Å²) in [7, 11) is 0. The first-order chi connectivity index (χ1) is 12.9. The van der Waals surface area contributed by atoms with Gasteiger partial charge in [-0.05, 0) is 57.1 Å². The second-order valence-electron chi connectivity index (χ2n) is 9.91. The van der Waals surface area contributed by atoms with E-state index in [1.807, 2.05) is 6.92 Å². The number of hydrogen-bond donors (Lipinski definition) is 3. The van der Waals surface area contributed by atoms with Crippen LogP contribution in [0.4, 0.5) is 4.39 Å². The molecule has 0 aromatic rings. The quantitative estimate of drug-likeness (QED) is 0.669. The van der Waals surface area contributed by atoms with Gasteiger partial charge in [0.1, 0.15) is 12.2 Å². The Morgan fingerprint density at radius 2 is 1.93 bits per heavy atom. The summed E-state index contributed by atoms with van der Waals surface area (Å²) < 4.78 is 17.1. The zero-order valence-electron chi connectivity index (χ0n) is 16.7. The fourth-order valence-electron chi connectivity index (χ4n) is 7.45. The molecule has 3 N–H and O–H groups in total. The summed E-state index contributed by atoms with van der Waals surface area (Å²) in [6, 6.07) is 0. The molecule has 0 aliphatic heterocycles. The molecule has 0 spiro atoms. The van der Waals surface area contributed by atoms with E-state index in [9.17, 15) is 24.9 Å². The van der Waals surface area contributed by atoms with Crippen LogP contribution in [0.3, 0.4) is 0 Å². The number of carbonyl (C=O) groups excluding carboxylic acids is 2. The maximum absolute atomic E-state index is 17.1. The topological polar surface area (TPSA) is 94.8 Å². The van der Waals surface area contributed by atoms with Crippen LogP contribution in [0.15, 0.2) is 23.8 Å². The highest BCUT2D eigenvalue weighted by molar-refractivity contribution is 6.01. The Bertz CT molecular complexity index is 820. The lowest BCUT2D eigenvalue weighted by atomic mass is 9.39. The van der Waals surface area contributed by atoms with Crippen molar-refractivity contribution in [2.75, 3.05) is 6.61 Å². The van der Waals surface area contributed by atoms with Gasteiger partial charge < -0.3 is 15.3 Å². The summed E-state index contributed by atoms with van der Waals surface area (Å²) in [4.78, 5) is 24.3. The van der Waals surface area contributed by atoms with E-state index in [0.29, 0.717) is 24.8 Å². The molecule has 4 unspecified atom stereocenters. The first-order valence-corrected chi connectivity index (χ1v) is 10.1. The van der Waals surface area contributed by atoms with Crippen molar-refractivity contribution in [1.82, 2.24) is 0 Å². The molecule has 154 valence electrons. The van der Waals surface area contributed by atoms with E-state index >= 15 is 4.39 Å². The van der Waals surface area contributed by atoms with Crippen LogP contribution in [-0.4, -0.2) is 50.9 Å². The van der Waals surface area contributed by atoms with Gasteiger partial charge in [0.2, 0.25) is 0 Å². The van der Waals surface area contributed by atoms with Gasteiger partial charge in [0.05, 0.1) is 6.10 Å². The maximum Gasteiger partial charge on any atom is 0.190 e. The second kappa shape index (κ2) is 5.61. The van der Waals surface area contributed by atoms with Crippen molar-refractivity contribution in [3.05, 3.63) is 23.8 Å². The predicted octanol–water partition coefficient (Wildman–Crippen LogP) is 2.04. The Balaban J connectivity index is 1.88. The monoisotopic (exact) mass is 392 g/mol. The molecule has 3 fully saturated rings. The van der Waals surface area contributed by atoms with E-state index in [1.165, 1.54) is 12.2 Å². The van der Waals surface area contributed by atoms with Gasteiger partial charge in [-0.25, -0.2) is 4.39 Å².